The Morgan fingerprint density at radius 3 is 0.881 bits per heavy atom. The van der Waals surface area contributed by atoms with Gasteiger partial charge in [0.15, 0.2) is 0 Å². The van der Waals surface area contributed by atoms with Gasteiger partial charge in [-0.2, -0.15) is 105 Å². The van der Waals surface area contributed by atoms with Gasteiger partial charge in [0, 0.05) is 0 Å². The van der Waals surface area contributed by atoms with Crippen molar-refractivity contribution in [1.82, 2.24) is 0 Å². The summed E-state index contributed by atoms with van der Waals surface area (Å²) in [4.78, 5) is 0. The van der Waals surface area contributed by atoms with E-state index in [1.54, 1.807) is 0 Å². The van der Waals surface area contributed by atoms with Crippen molar-refractivity contribution in [1.29, 1.82) is 0 Å². The average Bonchev–Trinajstić information content (AvgIpc) is 2.74. The first-order valence-corrected chi connectivity index (χ1v) is 9.10. The van der Waals surface area contributed by atoms with E-state index in [1.165, 1.54) is 0 Å². The zero-order valence-corrected chi connectivity index (χ0v) is 18.5. The molecule has 0 amide bonds. The highest BCUT2D eigenvalue weighted by Gasteiger charge is 3.01. The molecule has 0 spiro atoms. The molecule has 0 heterocycles. The van der Waals surface area contributed by atoms with Crippen LogP contribution in [0.1, 0.15) is 6.92 Å². The maximum atomic E-state index is 13.8. The van der Waals surface area contributed by atoms with E-state index in [4.69, 9.17) is 5.11 Å². The predicted molar refractivity (Wildman–Crippen MR) is 79.9 cm³/mol. The van der Waals surface area contributed by atoms with Gasteiger partial charge in [-0.25, -0.2) is 4.39 Å². The van der Waals surface area contributed by atoms with Crippen molar-refractivity contribution in [3.63, 3.8) is 0 Å². The summed E-state index contributed by atoms with van der Waals surface area (Å²) in [5.74, 6) is -81.9. The van der Waals surface area contributed by atoms with Crippen molar-refractivity contribution in [2.45, 2.75) is 84.4 Å². The average molecular weight is 688 g/mol. The van der Waals surface area contributed by atoms with E-state index >= 15 is 0 Å². The van der Waals surface area contributed by atoms with Crippen LogP contribution in [0.4, 0.5) is 110 Å². The molecule has 42 heavy (non-hydrogen) atoms. The van der Waals surface area contributed by atoms with Crippen LogP contribution in [-0.4, -0.2) is 82.5 Å². The van der Waals surface area contributed by atoms with Crippen LogP contribution in [0, 0.1) is 11.8 Å². The van der Waals surface area contributed by atoms with Gasteiger partial charge in [0.1, 0.15) is 6.10 Å². The minimum absolute atomic E-state index is 0.235. The van der Waals surface area contributed by atoms with E-state index in [2.05, 4.69) is 0 Å². The van der Waals surface area contributed by atoms with E-state index in [9.17, 15) is 110 Å². The van der Waals surface area contributed by atoms with Crippen molar-refractivity contribution < 1.29 is 115 Å². The Kier molecular flexibility index (Phi) is 9.37. The lowest BCUT2D eigenvalue weighted by Gasteiger charge is -2.47. The quantitative estimate of drug-likeness (QED) is 0.193. The third-order valence-electron chi connectivity index (χ3n) is 4.81. The molecule has 1 nitrogen and oxygen atoms in total. The zero-order valence-electron chi connectivity index (χ0n) is 18.5. The summed E-state index contributed by atoms with van der Waals surface area (Å²) in [5.41, 5.74) is -9.56. The van der Waals surface area contributed by atoms with Crippen molar-refractivity contribution in [2.75, 3.05) is 0 Å². The van der Waals surface area contributed by atoms with Crippen LogP contribution in [0.25, 0.3) is 0 Å². The highest BCUT2D eigenvalue weighted by atomic mass is 19.4. The normalized spacial score (nSPS) is 18.3. The van der Waals surface area contributed by atoms with Crippen LogP contribution in [0.15, 0.2) is 0 Å². The molecule has 2 unspecified atom stereocenters. The number of aliphatic hydroxyl groups excluding tert-OH is 1. The molecule has 0 aliphatic carbocycles. The molecule has 26 heteroatoms. The third kappa shape index (κ3) is 4.84. The fraction of sp³-hybridized carbons (Fsp3) is 0.875. The van der Waals surface area contributed by atoms with Gasteiger partial charge in [-0.15, -0.1) is 0 Å². The molecule has 0 aliphatic rings. The van der Waals surface area contributed by atoms with Crippen LogP contribution in [-0.2, 0) is 0 Å². The highest BCUT2D eigenvalue weighted by Crippen LogP contribution is 2.68. The van der Waals surface area contributed by atoms with Crippen LogP contribution in [0.5, 0.6) is 0 Å². The lowest BCUT2D eigenvalue weighted by atomic mass is 9.80. The molecule has 0 radical (unpaired) electrons. The largest absolute Gasteiger partial charge is 0.457 e. The molecule has 1 N–H and O–H groups in total. The van der Waals surface area contributed by atoms with E-state index in [0.29, 0.717) is 5.92 Å². The Hall–Kier alpha value is -2.23. The minimum atomic E-state index is -9.79. The zero-order chi connectivity index (χ0) is 35.0. The summed E-state index contributed by atoms with van der Waals surface area (Å²) in [7, 11) is 0. The molecule has 2 atom stereocenters. The lowest BCUT2D eigenvalue weighted by Crippen LogP contribution is -2.80. The van der Waals surface area contributed by atoms with Crippen LogP contribution in [0.2, 0.25) is 0 Å². The number of halogens is 25. The van der Waals surface area contributed by atoms with Gasteiger partial charge in [0.2, 0.25) is 0 Å². The molecule has 0 rings (SSSR count). The number of rotatable bonds is 9. The SMILES string of the molecule is CC(O)C#CC(F)(F)C(F)(F)C(F)(F)C(F)(F)C(F)(F)C(F)(F)C(F)(F)C(F)(F)C(F)(C(F)(F)F)C(F)(F)C(F)(F)F. The predicted octanol–water partition coefficient (Wildman–Crippen LogP) is 7.92. The Labute approximate surface area is 212 Å². The molecule has 0 fully saturated rings. The fourth-order valence-corrected chi connectivity index (χ4v) is 2.42. The van der Waals surface area contributed by atoms with Gasteiger partial charge in [-0.3, -0.25) is 0 Å². The molecule has 0 aromatic rings. The third-order valence-corrected chi connectivity index (χ3v) is 4.81. The minimum Gasteiger partial charge on any atom is -0.381 e. The Balaban J connectivity index is 7.61. The number of alkyl halides is 25. The molecule has 0 saturated heterocycles. The van der Waals surface area contributed by atoms with Crippen molar-refractivity contribution in [3.05, 3.63) is 0 Å². The van der Waals surface area contributed by atoms with E-state index in [1.807, 2.05) is 0 Å². The van der Waals surface area contributed by atoms with E-state index < -0.39 is 83.3 Å². The molecular formula is C16H5F25O. The molecule has 0 aliphatic heterocycles. The van der Waals surface area contributed by atoms with Crippen molar-refractivity contribution >= 4 is 0 Å². The van der Waals surface area contributed by atoms with Gasteiger partial charge >= 0.3 is 71.3 Å². The van der Waals surface area contributed by atoms with Gasteiger partial charge in [0.05, 0.1) is 0 Å². The summed E-state index contributed by atoms with van der Waals surface area (Å²) in [6.45, 7) is 0.235. The van der Waals surface area contributed by atoms with Gasteiger partial charge in [0.25, 0.3) is 0 Å². The Bertz CT molecular complexity index is 1050. The smallest absolute Gasteiger partial charge is 0.381 e. The molecule has 250 valence electrons. The van der Waals surface area contributed by atoms with Crippen LogP contribution >= 0.6 is 0 Å². The first-order valence-electron chi connectivity index (χ1n) is 9.10. The van der Waals surface area contributed by atoms with Crippen LogP contribution < -0.4 is 0 Å². The molecule has 0 aromatic carbocycles. The topological polar surface area (TPSA) is 20.2 Å². The second kappa shape index (κ2) is 9.89. The highest BCUT2D eigenvalue weighted by molar-refractivity contribution is 5.25. The summed E-state index contributed by atoms with van der Waals surface area (Å²) in [6.07, 6.45) is -20.0. The second-order valence-electron chi connectivity index (χ2n) is 7.77. The maximum absolute atomic E-state index is 13.8. The van der Waals surface area contributed by atoms with Gasteiger partial charge in [-0.1, -0.05) is 5.92 Å². The molecule has 0 bridgehead atoms. The van der Waals surface area contributed by atoms with Gasteiger partial charge < -0.3 is 5.11 Å². The first-order chi connectivity index (χ1) is 17.7. The van der Waals surface area contributed by atoms with Crippen molar-refractivity contribution in [2.24, 2.45) is 0 Å². The fourth-order valence-electron chi connectivity index (χ4n) is 2.42. The second-order valence-corrected chi connectivity index (χ2v) is 7.77. The molecule has 0 aromatic heterocycles. The Morgan fingerprint density at radius 1 is 0.381 bits per heavy atom. The van der Waals surface area contributed by atoms with Crippen LogP contribution in [0.3, 0.4) is 0 Å². The number of aliphatic hydroxyl groups is 1. The summed E-state index contributed by atoms with van der Waals surface area (Å²) in [5, 5.41) is 8.48. The first kappa shape index (κ1) is 39.8. The van der Waals surface area contributed by atoms with Crippen molar-refractivity contribution in [3.8, 4) is 11.8 Å². The van der Waals surface area contributed by atoms with E-state index in [0.717, 1.165) is 0 Å². The standard InChI is InChI=1S/C16H5F25O/c1-4(42)2-3-5(17,18)7(20,21)10(26,27)12(30,31)14(34,35)13(32,33)11(28,29)8(22,23)6(19,15(36,37)38)9(24,25)16(39,40)41/h4,42H,1H3. The van der Waals surface area contributed by atoms with Gasteiger partial charge in [-0.05, 0) is 12.8 Å². The molecule has 0 saturated carbocycles. The lowest BCUT2D eigenvalue weighted by molar-refractivity contribution is -0.485. The monoisotopic (exact) mass is 688 g/mol. The maximum Gasteiger partial charge on any atom is 0.457 e. The number of hydrogen-bond donors (Lipinski definition) is 1. The van der Waals surface area contributed by atoms with E-state index in [-0.39, 0.29) is 6.92 Å². The summed E-state index contributed by atoms with van der Waals surface area (Å²) < 4.78 is 332. The number of hydrogen-bond acceptors (Lipinski definition) is 1. The Morgan fingerprint density at radius 2 is 0.643 bits per heavy atom. The summed E-state index contributed by atoms with van der Waals surface area (Å²) in [6, 6.07) is 0. The summed E-state index contributed by atoms with van der Waals surface area (Å²) >= 11 is 0. The molecular weight excluding hydrogens is 683 g/mol.